The lowest BCUT2D eigenvalue weighted by Crippen LogP contribution is -2.22. The van der Waals surface area contributed by atoms with E-state index in [0.29, 0.717) is 11.3 Å². The van der Waals surface area contributed by atoms with Crippen molar-refractivity contribution in [3.8, 4) is 0 Å². The van der Waals surface area contributed by atoms with E-state index in [9.17, 15) is 14.7 Å². The van der Waals surface area contributed by atoms with Crippen molar-refractivity contribution in [1.29, 1.82) is 0 Å². The van der Waals surface area contributed by atoms with Gasteiger partial charge in [0, 0.05) is 18.1 Å². The second-order valence-corrected chi connectivity index (χ2v) is 4.16. The highest BCUT2D eigenvalue weighted by molar-refractivity contribution is 5.96. The summed E-state index contributed by atoms with van der Waals surface area (Å²) in [4.78, 5) is 31.0. The van der Waals surface area contributed by atoms with Crippen LogP contribution >= 0.6 is 0 Å². The molecular formula is C14H12N3O3. The van der Waals surface area contributed by atoms with Gasteiger partial charge in [-0.2, -0.15) is 0 Å². The monoisotopic (exact) mass is 270 g/mol. The minimum absolute atomic E-state index is 0.0636. The number of rotatable bonds is 4. The fourth-order valence-corrected chi connectivity index (χ4v) is 1.91. The van der Waals surface area contributed by atoms with Gasteiger partial charge in [0.15, 0.2) is 0 Å². The number of carboxylic acid groups (broad SMARTS) is 1. The molecule has 0 fully saturated rings. The summed E-state index contributed by atoms with van der Waals surface area (Å²) in [5, 5.41) is 9.44. The van der Waals surface area contributed by atoms with Gasteiger partial charge in [0.25, 0.3) is 5.91 Å². The molecule has 2 aromatic heterocycles. The first-order valence-electron chi connectivity index (χ1n) is 5.76. The van der Waals surface area contributed by atoms with Gasteiger partial charge < -0.3 is 10.8 Å². The molecule has 2 heterocycles. The van der Waals surface area contributed by atoms with E-state index in [1.54, 1.807) is 12.1 Å². The Kier molecular flexibility index (Phi) is 3.74. The highest BCUT2D eigenvalue weighted by atomic mass is 16.4. The standard InChI is InChI=1S/C14H12N3O3/c1-8-4-5-10(13(15)18)12(17-8)11(14(19)20)9-3-2-6-16-7-9/h2-7,11H,1H2,(H2,15,18)(H,19,20). The van der Waals surface area contributed by atoms with Gasteiger partial charge in [0.1, 0.15) is 5.92 Å². The first-order valence-corrected chi connectivity index (χ1v) is 5.76. The third-order valence-corrected chi connectivity index (χ3v) is 2.79. The van der Waals surface area contributed by atoms with Crippen LogP contribution < -0.4 is 5.73 Å². The number of aromatic nitrogens is 2. The molecule has 6 heteroatoms. The lowest BCUT2D eigenvalue weighted by Gasteiger charge is -2.15. The molecule has 0 aliphatic rings. The zero-order valence-electron chi connectivity index (χ0n) is 10.5. The molecule has 20 heavy (non-hydrogen) atoms. The molecule has 0 aliphatic heterocycles. The van der Waals surface area contributed by atoms with Gasteiger partial charge in [-0.1, -0.05) is 6.07 Å². The second kappa shape index (κ2) is 5.48. The molecule has 2 rings (SSSR count). The van der Waals surface area contributed by atoms with Crippen molar-refractivity contribution in [3.63, 3.8) is 0 Å². The molecule has 0 spiro atoms. The number of hydrogen-bond donors (Lipinski definition) is 2. The number of amides is 1. The molecule has 1 unspecified atom stereocenters. The third kappa shape index (κ3) is 2.64. The fourth-order valence-electron chi connectivity index (χ4n) is 1.91. The Morgan fingerprint density at radius 3 is 2.60 bits per heavy atom. The van der Waals surface area contributed by atoms with E-state index >= 15 is 0 Å². The summed E-state index contributed by atoms with van der Waals surface area (Å²) in [7, 11) is 0. The van der Waals surface area contributed by atoms with Crippen molar-refractivity contribution >= 4 is 11.9 Å². The van der Waals surface area contributed by atoms with Crippen LogP contribution in [0.2, 0.25) is 0 Å². The number of pyridine rings is 2. The first-order chi connectivity index (χ1) is 9.50. The van der Waals surface area contributed by atoms with Crippen LogP contribution in [0.25, 0.3) is 0 Å². The Balaban J connectivity index is 2.64. The summed E-state index contributed by atoms with van der Waals surface area (Å²) in [6.45, 7) is 3.65. The Labute approximate surface area is 115 Å². The highest BCUT2D eigenvalue weighted by Gasteiger charge is 2.28. The zero-order chi connectivity index (χ0) is 14.7. The van der Waals surface area contributed by atoms with E-state index in [1.165, 1.54) is 24.5 Å². The maximum atomic E-state index is 11.5. The van der Waals surface area contributed by atoms with E-state index in [2.05, 4.69) is 16.9 Å². The van der Waals surface area contributed by atoms with Crippen LogP contribution in [0, 0.1) is 6.92 Å². The predicted octanol–water partition coefficient (Wildman–Crippen LogP) is 0.974. The van der Waals surface area contributed by atoms with Gasteiger partial charge >= 0.3 is 5.97 Å². The molecule has 0 aromatic carbocycles. The predicted molar refractivity (Wildman–Crippen MR) is 70.9 cm³/mol. The maximum Gasteiger partial charge on any atom is 0.317 e. The number of nitrogens with two attached hydrogens (primary N) is 1. The first kappa shape index (κ1) is 13.7. The molecule has 101 valence electrons. The molecule has 2 aromatic rings. The number of carboxylic acids is 1. The number of carbonyl (C=O) groups is 2. The molecular weight excluding hydrogens is 258 g/mol. The van der Waals surface area contributed by atoms with Gasteiger partial charge in [-0.25, -0.2) is 0 Å². The topological polar surface area (TPSA) is 106 Å². The van der Waals surface area contributed by atoms with Crippen molar-refractivity contribution in [1.82, 2.24) is 9.97 Å². The summed E-state index contributed by atoms with van der Waals surface area (Å²) in [6, 6.07) is 6.16. The van der Waals surface area contributed by atoms with Gasteiger partial charge in [-0.15, -0.1) is 0 Å². The maximum absolute atomic E-state index is 11.5. The largest absolute Gasteiger partial charge is 0.480 e. The summed E-state index contributed by atoms with van der Waals surface area (Å²) >= 11 is 0. The summed E-state index contributed by atoms with van der Waals surface area (Å²) in [5.74, 6) is -2.99. The Bertz CT molecular complexity index is 656. The van der Waals surface area contributed by atoms with Crippen molar-refractivity contribution < 1.29 is 14.7 Å². The van der Waals surface area contributed by atoms with Gasteiger partial charge in [-0.3, -0.25) is 19.6 Å². The van der Waals surface area contributed by atoms with Crippen LogP contribution in [0.3, 0.4) is 0 Å². The van der Waals surface area contributed by atoms with E-state index in [1.807, 2.05) is 0 Å². The van der Waals surface area contributed by atoms with Crippen molar-refractivity contribution in [2.24, 2.45) is 5.73 Å². The molecule has 0 saturated carbocycles. The van der Waals surface area contributed by atoms with Crippen molar-refractivity contribution in [2.45, 2.75) is 5.92 Å². The van der Waals surface area contributed by atoms with E-state index in [4.69, 9.17) is 5.73 Å². The second-order valence-electron chi connectivity index (χ2n) is 4.16. The minimum Gasteiger partial charge on any atom is -0.480 e. The Morgan fingerprint density at radius 2 is 2.05 bits per heavy atom. The average molecular weight is 270 g/mol. The molecule has 6 nitrogen and oxygen atoms in total. The number of carbonyl (C=O) groups excluding carboxylic acids is 1. The quantitative estimate of drug-likeness (QED) is 0.861. The zero-order valence-corrected chi connectivity index (χ0v) is 10.5. The van der Waals surface area contributed by atoms with Gasteiger partial charge in [0.2, 0.25) is 0 Å². The van der Waals surface area contributed by atoms with Crippen LogP contribution in [0.5, 0.6) is 0 Å². The number of hydrogen-bond acceptors (Lipinski definition) is 4. The Hall–Kier alpha value is -2.76. The fraction of sp³-hybridized carbons (Fsp3) is 0.0714. The van der Waals surface area contributed by atoms with Gasteiger partial charge in [-0.05, 0) is 30.7 Å². The molecule has 1 atom stereocenters. The molecule has 1 radical (unpaired) electrons. The minimum atomic E-state index is -1.14. The molecule has 1 amide bonds. The van der Waals surface area contributed by atoms with Crippen molar-refractivity contribution in [3.05, 3.63) is 66.1 Å². The van der Waals surface area contributed by atoms with Crippen LogP contribution in [0.1, 0.15) is 33.2 Å². The van der Waals surface area contributed by atoms with Crippen LogP contribution in [0.15, 0.2) is 36.7 Å². The number of primary amides is 1. The normalized spacial score (nSPS) is 11.8. The highest BCUT2D eigenvalue weighted by Crippen LogP contribution is 2.26. The SMILES string of the molecule is [CH2]c1ccc(C(N)=O)c(C(C(=O)O)c2cccnc2)n1. The smallest absolute Gasteiger partial charge is 0.317 e. The summed E-state index contributed by atoms with van der Waals surface area (Å²) < 4.78 is 0. The van der Waals surface area contributed by atoms with Crippen LogP contribution in [-0.4, -0.2) is 27.0 Å². The number of nitrogens with zero attached hydrogens (tertiary/aromatic N) is 2. The number of aliphatic carboxylic acids is 1. The third-order valence-electron chi connectivity index (χ3n) is 2.79. The molecule has 0 saturated heterocycles. The van der Waals surface area contributed by atoms with E-state index < -0.39 is 17.8 Å². The molecule has 0 bridgehead atoms. The molecule has 3 N–H and O–H groups in total. The lowest BCUT2D eigenvalue weighted by molar-refractivity contribution is -0.137. The van der Waals surface area contributed by atoms with Crippen LogP contribution in [0.4, 0.5) is 0 Å². The molecule has 0 aliphatic carbocycles. The Morgan fingerprint density at radius 1 is 1.30 bits per heavy atom. The van der Waals surface area contributed by atoms with Gasteiger partial charge in [0.05, 0.1) is 11.3 Å². The van der Waals surface area contributed by atoms with Crippen LogP contribution in [-0.2, 0) is 4.79 Å². The average Bonchev–Trinajstić information content (AvgIpc) is 2.39. The van der Waals surface area contributed by atoms with Crippen molar-refractivity contribution in [2.75, 3.05) is 0 Å². The summed E-state index contributed by atoms with van der Waals surface area (Å²) in [6.07, 6.45) is 2.95. The summed E-state index contributed by atoms with van der Waals surface area (Å²) in [5.41, 5.74) is 6.19. The van der Waals surface area contributed by atoms with E-state index in [0.717, 1.165) is 0 Å². The van der Waals surface area contributed by atoms with E-state index in [-0.39, 0.29) is 11.3 Å². The lowest BCUT2D eigenvalue weighted by atomic mass is 9.93.